The number of ether oxygens (including phenoxy) is 2. The second-order valence-corrected chi connectivity index (χ2v) is 8.12. The molecule has 0 bridgehead atoms. The molecule has 4 N–H and O–H groups in total. The summed E-state index contributed by atoms with van der Waals surface area (Å²) in [5.41, 5.74) is 0. The second-order valence-electron chi connectivity index (χ2n) is 7.94. The zero-order chi connectivity index (χ0) is 26.2. The molecule has 35 heavy (non-hydrogen) atoms. The molecule has 2 unspecified atom stereocenters. The van der Waals surface area contributed by atoms with Crippen molar-refractivity contribution in [2.45, 2.75) is 19.1 Å². The van der Waals surface area contributed by atoms with E-state index in [2.05, 4.69) is 22.4 Å². The number of rotatable bonds is 10. The molecule has 0 aromatic carbocycles. The number of thiocarbonyl (C=S) groups is 1. The summed E-state index contributed by atoms with van der Waals surface area (Å²) in [6, 6.07) is -0.647. The Kier molecular flexibility index (Phi) is 14.8. The lowest BCUT2D eigenvalue weighted by Gasteiger charge is -2.35. The lowest BCUT2D eigenvalue weighted by atomic mass is 10.2. The van der Waals surface area contributed by atoms with E-state index in [1.54, 1.807) is 11.8 Å². The Balaban J connectivity index is 2.71. The summed E-state index contributed by atoms with van der Waals surface area (Å²) in [5, 5.41) is 41.2. The highest BCUT2D eigenvalue weighted by Crippen LogP contribution is 2.08. The highest BCUT2D eigenvalue weighted by molar-refractivity contribution is 7.78. The van der Waals surface area contributed by atoms with Gasteiger partial charge in [-0.1, -0.05) is 0 Å². The molecule has 0 radical (unpaired) electrons. The predicted octanol–water partition coefficient (Wildman–Crippen LogP) is 0.127. The molecular formula is C20H35N5O9S. The fourth-order valence-corrected chi connectivity index (χ4v) is 3.57. The van der Waals surface area contributed by atoms with Crippen molar-refractivity contribution < 1.29 is 44.3 Å². The summed E-state index contributed by atoms with van der Waals surface area (Å²) in [4.78, 5) is 43.7. The Labute approximate surface area is 209 Å². The van der Waals surface area contributed by atoms with Crippen LogP contribution in [0.25, 0.3) is 0 Å². The number of aliphatic imine (C=N–C) groups is 1. The molecule has 1 fully saturated rings. The molecule has 0 saturated carbocycles. The third-order valence-electron chi connectivity index (χ3n) is 5.35. The first-order valence-corrected chi connectivity index (χ1v) is 11.6. The maximum absolute atomic E-state index is 11.8. The van der Waals surface area contributed by atoms with E-state index in [-0.39, 0.29) is 65.6 Å². The molecule has 1 rings (SSSR count). The number of isothiocyanates is 1. The van der Waals surface area contributed by atoms with Crippen molar-refractivity contribution in [1.82, 2.24) is 19.6 Å². The van der Waals surface area contributed by atoms with Gasteiger partial charge in [-0.2, -0.15) is 0 Å². The predicted molar refractivity (Wildman–Crippen MR) is 127 cm³/mol. The Hall–Kier alpha value is -2.55. The average Bonchev–Trinajstić information content (AvgIpc) is 2.78. The summed E-state index contributed by atoms with van der Waals surface area (Å²) >= 11 is 4.45. The van der Waals surface area contributed by atoms with E-state index in [1.165, 1.54) is 0 Å². The normalized spacial score (nSPS) is 19.3. The first-order chi connectivity index (χ1) is 16.6. The lowest BCUT2D eigenvalue weighted by molar-refractivity contribution is -0.00867. The van der Waals surface area contributed by atoms with Gasteiger partial charge >= 0.3 is 18.3 Å². The van der Waals surface area contributed by atoms with Crippen LogP contribution in [0, 0.1) is 0 Å². The molecule has 0 aromatic rings. The Morgan fingerprint density at radius 2 is 1.54 bits per heavy atom. The monoisotopic (exact) mass is 521 g/mol. The van der Waals surface area contributed by atoms with Gasteiger partial charge in [-0.3, -0.25) is 4.90 Å². The van der Waals surface area contributed by atoms with Gasteiger partial charge in [-0.05, 0) is 19.1 Å². The molecule has 1 aliphatic heterocycles. The van der Waals surface area contributed by atoms with Crippen LogP contribution in [0.3, 0.4) is 0 Å². The van der Waals surface area contributed by atoms with Crippen molar-refractivity contribution in [2.24, 2.45) is 4.99 Å². The summed E-state index contributed by atoms with van der Waals surface area (Å²) < 4.78 is 10.7. The number of carboxylic acid groups (broad SMARTS) is 3. The Morgan fingerprint density at radius 3 is 2.17 bits per heavy atom. The zero-order valence-corrected chi connectivity index (χ0v) is 20.6. The van der Waals surface area contributed by atoms with E-state index in [0.717, 1.165) is 14.7 Å². The van der Waals surface area contributed by atoms with Gasteiger partial charge in [-0.25, -0.2) is 19.4 Å². The number of hydrogen-bond acceptors (Lipinski definition) is 9. The first-order valence-electron chi connectivity index (χ1n) is 11.2. The molecule has 0 aromatic heterocycles. The number of aliphatic hydroxyl groups is 1. The van der Waals surface area contributed by atoms with Crippen molar-refractivity contribution >= 4 is 35.7 Å². The number of nitrogens with zero attached hydrogens (tertiary/aromatic N) is 5. The van der Waals surface area contributed by atoms with Crippen molar-refractivity contribution in [1.29, 1.82) is 0 Å². The van der Waals surface area contributed by atoms with Crippen LogP contribution in [0.1, 0.15) is 6.92 Å². The van der Waals surface area contributed by atoms with Crippen LogP contribution in [0.4, 0.5) is 14.4 Å². The van der Waals surface area contributed by atoms with Crippen LogP contribution in [0.15, 0.2) is 4.99 Å². The van der Waals surface area contributed by atoms with E-state index < -0.39 is 30.4 Å². The molecule has 200 valence electrons. The summed E-state index contributed by atoms with van der Waals surface area (Å²) in [5.74, 6) is 0. The van der Waals surface area contributed by atoms with Gasteiger partial charge in [0.1, 0.15) is 0 Å². The SMILES string of the molecule is CC1CN(C(=O)O)CCN(C(=O)O)CCN(CC(O)COCCOCCN=C=S)CCN1C(=O)O. The van der Waals surface area contributed by atoms with Crippen molar-refractivity contribution in [2.75, 3.05) is 85.3 Å². The Morgan fingerprint density at radius 1 is 0.943 bits per heavy atom. The van der Waals surface area contributed by atoms with Gasteiger partial charge in [0, 0.05) is 58.4 Å². The quantitative estimate of drug-likeness (QED) is 0.175. The van der Waals surface area contributed by atoms with Crippen LogP contribution < -0.4 is 0 Å². The largest absolute Gasteiger partial charge is 0.465 e. The molecule has 0 spiro atoms. The molecule has 1 aliphatic rings. The molecule has 3 amide bonds. The minimum atomic E-state index is -1.25. The van der Waals surface area contributed by atoms with Gasteiger partial charge in [0.15, 0.2) is 0 Å². The molecular weight excluding hydrogens is 486 g/mol. The smallest absolute Gasteiger partial charge is 0.407 e. The van der Waals surface area contributed by atoms with Gasteiger partial charge in [0.25, 0.3) is 0 Å². The minimum Gasteiger partial charge on any atom is -0.465 e. The van der Waals surface area contributed by atoms with Gasteiger partial charge < -0.3 is 44.6 Å². The van der Waals surface area contributed by atoms with Crippen LogP contribution in [0.5, 0.6) is 0 Å². The summed E-state index contributed by atoms with van der Waals surface area (Å²) in [6.07, 6.45) is -4.51. The standard InChI is InChI=1S/C20H35N5O9S/c1-16-12-24(19(29)30)7-6-23(18(27)28)5-3-22(4-8-25(16)20(31)32)13-17(26)14-34-11-10-33-9-2-21-15-35/h16-17,26H,2-14H2,1H3,(H,27,28)(H,29,30)(H,31,32). The maximum atomic E-state index is 11.8. The average molecular weight is 522 g/mol. The fraction of sp³-hybridized carbons (Fsp3) is 0.800. The summed E-state index contributed by atoms with van der Waals surface area (Å²) in [7, 11) is 0. The van der Waals surface area contributed by atoms with E-state index in [1.807, 2.05) is 0 Å². The van der Waals surface area contributed by atoms with Crippen molar-refractivity contribution in [3.05, 3.63) is 0 Å². The van der Waals surface area contributed by atoms with E-state index in [4.69, 9.17) is 9.47 Å². The number of hydrogen-bond donors (Lipinski definition) is 4. The maximum Gasteiger partial charge on any atom is 0.407 e. The lowest BCUT2D eigenvalue weighted by Crippen LogP contribution is -2.53. The zero-order valence-electron chi connectivity index (χ0n) is 19.8. The number of carbonyl (C=O) groups is 3. The number of aliphatic hydroxyl groups excluding tert-OH is 1. The van der Waals surface area contributed by atoms with Crippen LogP contribution in [0.2, 0.25) is 0 Å². The Bertz CT molecular complexity index is 725. The molecule has 1 heterocycles. The van der Waals surface area contributed by atoms with Crippen molar-refractivity contribution in [3.8, 4) is 0 Å². The second kappa shape index (κ2) is 17.0. The molecule has 1 saturated heterocycles. The van der Waals surface area contributed by atoms with Gasteiger partial charge in [0.05, 0.1) is 44.2 Å². The fourth-order valence-electron chi connectivity index (χ4n) is 3.48. The van der Waals surface area contributed by atoms with Gasteiger partial charge in [0.2, 0.25) is 0 Å². The first kappa shape index (κ1) is 30.5. The van der Waals surface area contributed by atoms with Crippen LogP contribution in [-0.2, 0) is 9.47 Å². The van der Waals surface area contributed by atoms with E-state index in [0.29, 0.717) is 19.8 Å². The molecule has 0 aliphatic carbocycles. The summed E-state index contributed by atoms with van der Waals surface area (Å²) in [6.45, 7) is 3.46. The number of β-amino-alcohol motifs (C(OH)–C–C–N with tert-alkyl or cyclic N) is 1. The molecule has 2 atom stereocenters. The van der Waals surface area contributed by atoms with E-state index >= 15 is 0 Å². The molecule has 15 heteroatoms. The third-order valence-corrected chi connectivity index (χ3v) is 5.48. The minimum absolute atomic E-state index is 0.0210. The van der Waals surface area contributed by atoms with E-state index in [9.17, 15) is 34.8 Å². The van der Waals surface area contributed by atoms with Crippen molar-refractivity contribution in [3.63, 3.8) is 0 Å². The topological polar surface area (TPSA) is 176 Å². The highest BCUT2D eigenvalue weighted by Gasteiger charge is 2.27. The number of amides is 3. The van der Waals surface area contributed by atoms with Crippen LogP contribution in [-0.4, -0.2) is 161 Å². The highest BCUT2D eigenvalue weighted by atomic mass is 32.1. The van der Waals surface area contributed by atoms with Gasteiger partial charge in [-0.15, -0.1) is 0 Å². The van der Waals surface area contributed by atoms with Crippen LogP contribution >= 0.6 is 12.2 Å². The third kappa shape index (κ3) is 12.6. The molecule has 14 nitrogen and oxygen atoms in total.